The highest BCUT2D eigenvalue weighted by Crippen LogP contribution is 2.17. The molecule has 0 radical (unpaired) electrons. The average Bonchev–Trinajstić information content (AvgIpc) is 3.49. The van der Waals surface area contributed by atoms with E-state index >= 15 is 0 Å². The number of esters is 2. The van der Waals surface area contributed by atoms with Gasteiger partial charge in [-0.25, -0.2) is 0 Å². The Morgan fingerprint density at radius 1 is 0.280 bits per heavy atom. The molecule has 0 saturated carbocycles. The predicted molar refractivity (Wildman–Crippen MR) is 361 cm³/mol. The van der Waals surface area contributed by atoms with Crippen LogP contribution in [0.1, 0.15) is 322 Å². The Morgan fingerprint density at radius 3 is 0.732 bits per heavy atom. The zero-order valence-electron chi connectivity index (χ0n) is 53.7. The van der Waals surface area contributed by atoms with Gasteiger partial charge in [-0.3, -0.25) is 9.59 Å². The fraction of sp³-hybridized carbons (Fsp3) is 0.688. The van der Waals surface area contributed by atoms with Crippen LogP contribution < -0.4 is 0 Å². The number of unbranched alkanes of at least 4 members (excludes halogenated alkanes) is 33. The minimum absolute atomic E-state index is 0.0682. The summed E-state index contributed by atoms with van der Waals surface area (Å²) in [6.07, 6.45) is 106. The molecule has 0 rings (SSSR count). The summed E-state index contributed by atoms with van der Waals surface area (Å²) in [5.74, 6) is -0.583. The number of carbonyl (C=O) groups excluding carboxylic acids is 2. The first kappa shape index (κ1) is 78.0. The number of allylic oxidation sites excluding steroid dienone is 22. The molecular formula is C77H130O5. The Labute approximate surface area is 508 Å². The lowest BCUT2D eigenvalue weighted by Gasteiger charge is -2.15. The zero-order chi connectivity index (χ0) is 59.1. The van der Waals surface area contributed by atoms with Crippen molar-refractivity contribution >= 4 is 11.9 Å². The van der Waals surface area contributed by atoms with Gasteiger partial charge in [0.05, 0.1) is 6.61 Å². The van der Waals surface area contributed by atoms with Crippen LogP contribution >= 0.6 is 0 Å². The second-order valence-corrected chi connectivity index (χ2v) is 22.8. The van der Waals surface area contributed by atoms with Crippen molar-refractivity contribution in [3.63, 3.8) is 0 Å². The fourth-order valence-corrected chi connectivity index (χ4v) is 9.82. The van der Waals surface area contributed by atoms with E-state index in [2.05, 4.69) is 148 Å². The second kappa shape index (κ2) is 71.3. The fourth-order valence-electron chi connectivity index (χ4n) is 9.82. The third-order valence-electron chi connectivity index (χ3n) is 14.9. The van der Waals surface area contributed by atoms with E-state index in [-0.39, 0.29) is 25.2 Å². The molecule has 0 spiro atoms. The van der Waals surface area contributed by atoms with E-state index in [4.69, 9.17) is 9.47 Å². The molecule has 0 aromatic heterocycles. The highest BCUT2D eigenvalue weighted by atomic mass is 16.6. The third kappa shape index (κ3) is 68.5. The Bertz CT molecular complexity index is 1670. The predicted octanol–water partition coefficient (Wildman–Crippen LogP) is 24.3. The monoisotopic (exact) mass is 1130 g/mol. The maximum absolute atomic E-state index is 12.4. The van der Waals surface area contributed by atoms with Gasteiger partial charge in [0.1, 0.15) is 6.61 Å². The van der Waals surface area contributed by atoms with Gasteiger partial charge in [-0.05, 0) is 109 Å². The number of aliphatic hydroxyl groups is 1. The molecule has 1 atom stereocenters. The van der Waals surface area contributed by atoms with Crippen molar-refractivity contribution in [2.24, 2.45) is 0 Å². The number of aliphatic hydroxyl groups excluding tert-OH is 1. The molecule has 0 aliphatic heterocycles. The third-order valence-corrected chi connectivity index (χ3v) is 14.9. The van der Waals surface area contributed by atoms with Crippen LogP contribution in [-0.2, 0) is 19.1 Å². The van der Waals surface area contributed by atoms with Crippen molar-refractivity contribution in [3.8, 4) is 0 Å². The van der Waals surface area contributed by atoms with E-state index in [1.54, 1.807) is 0 Å². The number of carbonyl (C=O) groups is 2. The summed E-state index contributed by atoms with van der Waals surface area (Å²) >= 11 is 0. The zero-order valence-corrected chi connectivity index (χ0v) is 53.7. The maximum atomic E-state index is 12.4. The number of rotatable bonds is 63. The van der Waals surface area contributed by atoms with E-state index in [1.807, 2.05) is 0 Å². The van der Waals surface area contributed by atoms with Gasteiger partial charge in [0.2, 0.25) is 0 Å². The molecule has 5 heteroatoms. The van der Waals surface area contributed by atoms with Crippen LogP contribution in [0.3, 0.4) is 0 Å². The van der Waals surface area contributed by atoms with Crippen LogP contribution in [0.5, 0.6) is 0 Å². The first-order valence-electron chi connectivity index (χ1n) is 34.7. The highest BCUT2D eigenvalue weighted by Gasteiger charge is 2.16. The van der Waals surface area contributed by atoms with Crippen LogP contribution in [0.4, 0.5) is 0 Å². The molecule has 0 aliphatic carbocycles. The average molecular weight is 1140 g/mol. The van der Waals surface area contributed by atoms with Crippen molar-refractivity contribution in [2.45, 2.75) is 328 Å². The Morgan fingerprint density at radius 2 is 0.488 bits per heavy atom. The van der Waals surface area contributed by atoms with Gasteiger partial charge in [0.25, 0.3) is 0 Å². The number of hydrogen-bond donors (Lipinski definition) is 1. The summed E-state index contributed by atoms with van der Waals surface area (Å²) in [6.45, 7) is 3.94. The van der Waals surface area contributed by atoms with Crippen molar-refractivity contribution in [1.29, 1.82) is 0 Å². The molecule has 1 unspecified atom stereocenters. The lowest BCUT2D eigenvalue weighted by molar-refractivity contribution is -0.161. The Kier molecular flexibility index (Phi) is 67.9. The molecule has 5 nitrogen and oxygen atoms in total. The normalized spacial score (nSPS) is 13.1. The molecule has 0 fully saturated rings. The number of hydrogen-bond acceptors (Lipinski definition) is 5. The maximum Gasteiger partial charge on any atom is 0.306 e. The summed E-state index contributed by atoms with van der Waals surface area (Å²) in [4.78, 5) is 24.7. The standard InChI is InChI=1S/C77H130O5/c1-3-5-7-9-11-13-15-17-19-21-23-25-27-29-31-33-35-36-37-38-39-40-42-44-46-48-50-52-54-56-58-60-62-64-66-68-70-72-77(80)82-75(73-78)74-81-76(79)71-69-67-65-63-61-59-57-55-53-51-49-47-45-43-41-34-32-30-28-26-24-22-20-18-16-14-12-10-8-6-4-2/h5-8,11-14,17-20,23-26,29-32,35-36,75,78H,3-4,9-10,15-16,21-22,27-28,33-34,37-74H2,1-2H3/b7-5-,8-6-,13-11-,14-12-,19-17-,20-18-,25-23-,26-24-,31-29-,32-30-,36-35-. The van der Waals surface area contributed by atoms with E-state index in [9.17, 15) is 14.7 Å². The van der Waals surface area contributed by atoms with Crippen LogP contribution in [0.25, 0.3) is 0 Å². The molecule has 82 heavy (non-hydrogen) atoms. The summed E-state index contributed by atoms with van der Waals surface area (Å²) < 4.78 is 10.8. The van der Waals surface area contributed by atoms with Crippen molar-refractivity contribution in [2.75, 3.05) is 13.2 Å². The SMILES string of the molecule is CC/C=C\C/C=C\C/C=C\C/C=C\C/C=C\C/C=C\CCCCCCCCCCCCCCCCCCCCC(=O)OC(CO)COC(=O)CCCCCCCCCCCCCCCCC/C=C\C/C=C\C/C=C\C/C=C\C/C=C\CC. The van der Waals surface area contributed by atoms with Gasteiger partial charge < -0.3 is 14.6 Å². The summed E-state index contributed by atoms with van der Waals surface area (Å²) in [6, 6.07) is 0. The minimum Gasteiger partial charge on any atom is -0.462 e. The molecule has 0 aromatic rings. The molecule has 0 saturated heterocycles. The first-order valence-corrected chi connectivity index (χ1v) is 34.7. The second-order valence-electron chi connectivity index (χ2n) is 22.8. The van der Waals surface area contributed by atoms with E-state index in [0.29, 0.717) is 12.8 Å². The Hall–Kier alpha value is -3.96. The lowest BCUT2D eigenvalue weighted by atomic mass is 10.0. The van der Waals surface area contributed by atoms with Crippen LogP contribution in [-0.4, -0.2) is 36.4 Å². The highest BCUT2D eigenvalue weighted by molar-refractivity contribution is 5.70. The van der Waals surface area contributed by atoms with Gasteiger partial charge in [0, 0.05) is 12.8 Å². The first-order chi connectivity index (χ1) is 40.6. The molecular weight excluding hydrogens is 1000 g/mol. The summed E-state index contributed by atoms with van der Waals surface area (Å²) in [5, 5.41) is 9.71. The summed E-state index contributed by atoms with van der Waals surface area (Å²) in [5.41, 5.74) is 0. The number of ether oxygens (including phenoxy) is 2. The van der Waals surface area contributed by atoms with Crippen LogP contribution in [0, 0.1) is 0 Å². The van der Waals surface area contributed by atoms with Gasteiger partial charge in [-0.1, -0.05) is 334 Å². The van der Waals surface area contributed by atoms with Crippen LogP contribution in [0.15, 0.2) is 134 Å². The van der Waals surface area contributed by atoms with Gasteiger partial charge >= 0.3 is 11.9 Å². The molecule has 0 aliphatic rings. The topological polar surface area (TPSA) is 72.8 Å². The molecule has 0 amide bonds. The van der Waals surface area contributed by atoms with Crippen LogP contribution in [0.2, 0.25) is 0 Å². The Balaban J connectivity index is 3.46. The van der Waals surface area contributed by atoms with E-state index < -0.39 is 6.10 Å². The molecule has 0 aromatic carbocycles. The van der Waals surface area contributed by atoms with E-state index in [1.165, 1.54) is 186 Å². The van der Waals surface area contributed by atoms with Crippen molar-refractivity contribution < 1.29 is 24.2 Å². The minimum atomic E-state index is -0.779. The van der Waals surface area contributed by atoms with Gasteiger partial charge in [-0.15, -0.1) is 0 Å². The quantitative estimate of drug-likeness (QED) is 0.0373. The van der Waals surface area contributed by atoms with Gasteiger partial charge in [0.15, 0.2) is 6.10 Å². The van der Waals surface area contributed by atoms with Crippen molar-refractivity contribution in [1.82, 2.24) is 0 Å². The molecule has 468 valence electrons. The van der Waals surface area contributed by atoms with E-state index in [0.717, 1.165) is 109 Å². The molecule has 1 N–H and O–H groups in total. The largest absolute Gasteiger partial charge is 0.462 e. The van der Waals surface area contributed by atoms with Crippen molar-refractivity contribution in [3.05, 3.63) is 134 Å². The smallest absolute Gasteiger partial charge is 0.306 e. The lowest BCUT2D eigenvalue weighted by Crippen LogP contribution is -2.28. The summed E-state index contributed by atoms with van der Waals surface area (Å²) in [7, 11) is 0. The molecule has 0 heterocycles. The van der Waals surface area contributed by atoms with Gasteiger partial charge in [-0.2, -0.15) is 0 Å². The molecule has 0 bridgehead atoms.